The van der Waals surface area contributed by atoms with E-state index in [1.807, 2.05) is 31.2 Å². The molecule has 2 N–H and O–H groups in total. The van der Waals surface area contributed by atoms with Crippen molar-refractivity contribution in [3.05, 3.63) is 65.2 Å². The van der Waals surface area contributed by atoms with Crippen molar-refractivity contribution in [2.24, 2.45) is 5.41 Å². The average Bonchev–Trinajstić information content (AvgIpc) is 2.57. The number of carbonyl (C=O) groups excluding carboxylic acids is 2. The summed E-state index contributed by atoms with van der Waals surface area (Å²) in [6.45, 7) is 5.19. The van der Waals surface area contributed by atoms with Gasteiger partial charge in [0, 0.05) is 18.3 Å². The Labute approximate surface area is 145 Å². The summed E-state index contributed by atoms with van der Waals surface area (Å²) < 4.78 is 26.1. The summed E-state index contributed by atoms with van der Waals surface area (Å²) in [5.74, 6) is -3.15. The van der Waals surface area contributed by atoms with Gasteiger partial charge in [-0.1, -0.05) is 29.8 Å². The third kappa shape index (κ3) is 4.62. The van der Waals surface area contributed by atoms with Crippen LogP contribution in [0.3, 0.4) is 0 Å². The fourth-order valence-corrected chi connectivity index (χ4v) is 2.07. The van der Waals surface area contributed by atoms with E-state index in [2.05, 4.69) is 10.6 Å². The van der Waals surface area contributed by atoms with Gasteiger partial charge in [0.2, 0.25) is 11.8 Å². The summed E-state index contributed by atoms with van der Waals surface area (Å²) in [6.07, 6.45) is 0. The molecular formula is C19H20F2N2O2. The van der Waals surface area contributed by atoms with Crippen molar-refractivity contribution in [1.82, 2.24) is 5.32 Å². The minimum atomic E-state index is -1.38. The van der Waals surface area contributed by atoms with Crippen molar-refractivity contribution in [3.8, 4) is 0 Å². The van der Waals surface area contributed by atoms with Gasteiger partial charge in [0.15, 0.2) is 11.6 Å². The molecule has 0 aromatic heterocycles. The number of aryl methyl sites for hydroxylation is 1. The summed E-state index contributed by atoms with van der Waals surface area (Å²) in [5, 5.41) is 5.14. The third-order valence-electron chi connectivity index (χ3n) is 3.89. The zero-order valence-corrected chi connectivity index (χ0v) is 14.3. The highest BCUT2D eigenvalue weighted by molar-refractivity contribution is 6.09. The maximum Gasteiger partial charge on any atom is 0.239 e. The van der Waals surface area contributed by atoms with E-state index in [9.17, 15) is 18.4 Å². The number of hydrogen-bond donors (Lipinski definition) is 2. The second-order valence-electron chi connectivity index (χ2n) is 6.38. The van der Waals surface area contributed by atoms with Crippen LogP contribution in [0, 0.1) is 24.0 Å². The smallest absolute Gasteiger partial charge is 0.239 e. The van der Waals surface area contributed by atoms with Gasteiger partial charge in [-0.3, -0.25) is 9.59 Å². The van der Waals surface area contributed by atoms with E-state index in [0.717, 1.165) is 23.3 Å². The first-order valence-electron chi connectivity index (χ1n) is 7.80. The van der Waals surface area contributed by atoms with Gasteiger partial charge in [0.05, 0.1) is 0 Å². The molecule has 2 aromatic carbocycles. The lowest BCUT2D eigenvalue weighted by Gasteiger charge is -2.23. The Morgan fingerprint density at radius 3 is 2.20 bits per heavy atom. The van der Waals surface area contributed by atoms with E-state index in [4.69, 9.17) is 0 Å². The molecule has 4 nitrogen and oxygen atoms in total. The summed E-state index contributed by atoms with van der Waals surface area (Å²) in [7, 11) is 0. The van der Waals surface area contributed by atoms with Crippen molar-refractivity contribution >= 4 is 17.5 Å². The number of nitrogens with one attached hydrogen (secondary N) is 2. The van der Waals surface area contributed by atoms with Crippen molar-refractivity contribution in [1.29, 1.82) is 0 Å². The molecule has 0 bridgehead atoms. The number of anilines is 1. The number of halogens is 2. The lowest BCUT2D eigenvalue weighted by Crippen LogP contribution is -2.44. The van der Waals surface area contributed by atoms with Crippen LogP contribution in [0.2, 0.25) is 0 Å². The van der Waals surface area contributed by atoms with Crippen LogP contribution in [0.5, 0.6) is 0 Å². The lowest BCUT2D eigenvalue weighted by molar-refractivity contribution is -0.138. The molecule has 0 fully saturated rings. The number of benzene rings is 2. The van der Waals surface area contributed by atoms with E-state index < -0.39 is 28.9 Å². The van der Waals surface area contributed by atoms with E-state index in [1.165, 1.54) is 19.9 Å². The van der Waals surface area contributed by atoms with E-state index in [-0.39, 0.29) is 5.69 Å². The highest BCUT2D eigenvalue weighted by atomic mass is 19.2. The zero-order valence-electron chi connectivity index (χ0n) is 14.3. The molecule has 25 heavy (non-hydrogen) atoms. The Hall–Kier alpha value is -2.76. The third-order valence-corrected chi connectivity index (χ3v) is 3.89. The fourth-order valence-electron chi connectivity index (χ4n) is 2.07. The first-order chi connectivity index (χ1) is 11.7. The van der Waals surface area contributed by atoms with Gasteiger partial charge in [0.1, 0.15) is 5.41 Å². The quantitative estimate of drug-likeness (QED) is 0.814. The maximum atomic E-state index is 13.2. The van der Waals surface area contributed by atoms with E-state index in [0.29, 0.717) is 6.54 Å². The minimum Gasteiger partial charge on any atom is -0.351 e. The molecule has 2 amide bonds. The lowest BCUT2D eigenvalue weighted by atomic mass is 9.90. The molecule has 0 saturated carbocycles. The van der Waals surface area contributed by atoms with Crippen LogP contribution in [0.4, 0.5) is 14.5 Å². The summed E-state index contributed by atoms with van der Waals surface area (Å²) in [4.78, 5) is 24.7. The number of rotatable bonds is 5. The Bertz CT molecular complexity index is 787. The van der Waals surface area contributed by atoms with Crippen molar-refractivity contribution in [3.63, 3.8) is 0 Å². The Kier molecular flexibility index (Phi) is 5.51. The summed E-state index contributed by atoms with van der Waals surface area (Å²) >= 11 is 0. The van der Waals surface area contributed by atoms with Gasteiger partial charge in [-0.2, -0.15) is 0 Å². The monoisotopic (exact) mass is 346 g/mol. The van der Waals surface area contributed by atoms with Gasteiger partial charge in [-0.25, -0.2) is 8.78 Å². The van der Waals surface area contributed by atoms with Crippen LogP contribution in [0.25, 0.3) is 0 Å². The van der Waals surface area contributed by atoms with Gasteiger partial charge in [-0.15, -0.1) is 0 Å². The molecule has 0 heterocycles. The molecule has 2 aromatic rings. The second-order valence-corrected chi connectivity index (χ2v) is 6.38. The standard InChI is InChI=1S/C19H20F2N2O2/c1-12-4-6-13(7-5-12)11-22-17(24)19(2,3)18(25)23-14-8-9-15(20)16(21)10-14/h4-10H,11H2,1-3H3,(H,22,24)(H,23,25). The van der Waals surface area contributed by atoms with Crippen LogP contribution in [0.1, 0.15) is 25.0 Å². The van der Waals surface area contributed by atoms with Crippen LogP contribution in [0.15, 0.2) is 42.5 Å². The van der Waals surface area contributed by atoms with Crippen molar-refractivity contribution in [2.45, 2.75) is 27.3 Å². The predicted molar refractivity (Wildman–Crippen MR) is 91.8 cm³/mol. The molecule has 2 rings (SSSR count). The Morgan fingerprint density at radius 1 is 0.960 bits per heavy atom. The number of amides is 2. The average molecular weight is 346 g/mol. The molecule has 0 aliphatic heterocycles. The maximum absolute atomic E-state index is 13.2. The largest absolute Gasteiger partial charge is 0.351 e. The first-order valence-corrected chi connectivity index (χ1v) is 7.80. The normalized spacial score (nSPS) is 11.1. The number of hydrogen-bond acceptors (Lipinski definition) is 2. The van der Waals surface area contributed by atoms with Crippen molar-refractivity contribution in [2.75, 3.05) is 5.32 Å². The number of carbonyl (C=O) groups is 2. The minimum absolute atomic E-state index is 0.0864. The Morgan fingerprint density at radius 2 is 1.60 bits per heavy atom. The van der Waals surface area contributed by atoms with E-state index in [1.54, 1.807) is 0 Å². The topological polar surface area (TPSA) is 58.2 Å². The van der Waals surface area contributed by atoms with Gasteiger partial charge in [-0.05, 0) is 38.5 Å². The molecule has 0 spiro atoms. The van der Waals surface area contributed by atoms with Gasteiger partial charge in [0.25, 0.3) is 0 Å². The fraction of sp³-hybridized carbons (Fsp3) is 0.263. The molecule has 0 saturated heterocycles. The highest BCUT2D eigenvalue weighted by Crippen LogP contribution is 2.20. The van der Waals surface area contributed by atoms with Crippen LogP contribution >= 0.6 is 0 Å². The van der Waals surface area contributed by atoms with Crippen LogP contribution in [-0.4, -0.2) is 11.8 Å². The molecular weight excluding hydrogens is 326 g/mol. The van der Waals surface area contributed by atoms with E-state index >= 15 is 0 Å². The SMILES string of the molecule is Cc1ccc(CNC(=O)C(C)(C)C(=O)Nc2ccc(F)c(F)c2)cc1. The zero-order chi connectivity index (χ0) is 18.6. The molecule has 0 atom stereocenters. The van der Waals surface area contributed by atoms with Crippen LogP contribution in [-0.2, 0) is 16.1 Å². The predicted octanol–water partition coefficient (Wildman–Crippen LogP) is 3.55. The molecule has 132 valence electrons. The summed E-state index contributed by atoms with van der Waals surface area (Å²) in [6, 6.07) is 10.7. The molecule has 6 heteroatoms. The van der Waals surface area contributed by atoms with Crippen molar-refractivity contribution < 1.29 is 18.4 Å². The Balaban J connectivity index is 2.00. The molecule has 0 unspecified atom stereocenters. The van der Waals surface area contributed by atoms with Gasteiger partial charge >= 0.3 is 0 Å². The second kappa shape index (κ2) is 7.42. The molecule has 0 radical (unpaired) electrons. The first kappa shape index (κ1) is 18.6. The van der Waals surface area contributed by atoms with Crippen LogP contribution < -0.4 is 10.6 Å². The highest BCUT2D eigenvalue weighted by Gasteiger charge is 2.36. The molecule has 0 aliphatic carbocycles. The van der Waals surface area contributed by atoms with Gasteiger partial charge < -0.3 is 10.6 Å². The molecule has 0 aliphatic rings. The summed E-state index contributed by atoms with van der Waals surface area (Å²) in [5.41, 5.74) is 0.732.